The van der Waals surface area contributed by atoms with Gasteiger partial charge in [-0.3, -0.25) is 9.59 Å². The summed E-state index contributed by atoms with van der Waals surface area (Å²) in [6.45, 7) is 4.55. The Hall–Kier alpha value is -1.91. The van der Waals surface area contributed by atoms with Crippen molar-refractivity contribution in [3.8, 4) is 0 Å². The van der Waals surface area contributed by atoms with Gasteiger partial charge in [0.1, 0.15) is 5.82 Å². The summed E-state index contributed by atoms with van der Waals surface area (Å²) in [7, 11) is 0. The van der Waals surface area contributed by atoms with E-state index in [4.69, 9.17) is 5.11 Å². The monoisotopic (exact) mass is 253 g/mol. The van der Waals surface area contributed by atoms with E-state index >= 15 is 0 Å². The van der Waals surface area contributed by atoms with Crippen LogP contribution < -0.4 is 5.32 Å². The standard InChI is InChI=1S/C13H16FNO3/c1-8-4-5-9(6-10(8)14)15-11(16)7-13(2,3)12(17)18/h4-6H,7H2,1-3H3,(H,15,16)(H,17,18). The largest absolute Gasteiger partial charge is 0.481 e. The maximum absolute atomic E-state index is 13.3. The summed E-state index contributed by atoms with van der Waals surface area (Å²) in [5, 5.41) is 11.4. The molecule has 18 heavy (non-hydrogen) atoms. The van der Waals surface area contributed by atoms with Crippen LogP contribution in [0.3, 0.4) is 0 Å². The second-order valence-corrected chi connectivity index (χ2v) is 4.88. The topological polar surface area (TPSA) is 66.4 Å². The van der Waals surface area contributed by atoms with Crippen molar-refractivity contribution in [3.05, 3.63) is 29.6 Å². The van der Waals surface area contributed by atoms with Crippen molar-refractivity contribution in [1.29, 1.82) is 0 Å². The second kappa shape index (κ2) is 5.16. The number of carbonyl (C=O) groups is 2. The third kappa shape index (κ3) is 3.55. The second-order valence-electron chi connectivity index (χ2n) is 4.88. The van der Waals surface area contributed by atoms with Gasteiger partial charge in [-0.2, -0.15) is 0 Å². The van der Waals surface area contributed by atoms with Crippen molar-refractivity contribution in [2.75, 3.05) is 5.32 Å². The van der Waals surface area contributed by atoms with Crippen LogP contribution in [0.15, 0.2) is 18.2 Å². The molecule has 5 heteroatoms. The van der Waals surface area contributed by atoms with Gasteiger partial charge in [0.05, 0.1) is 5.41 Å². The smallest absolute Gasteiger partial charge is 0.309 e. The lowest BCUT2D eigenvalue weighted by atomic mass is 9.89. The van der Waals surface area contributed by atoms with Crippen molar-refractivity contribution in [3.63, 3.8) is 0 Å². The molecule has 0 aliphatic heterocycles. The minimum atomic E-state index is -1.15. The Balaban J connectivity index is 2.71. The number of halogens is 1. The number of carbonyl (C=O) groups excluding carboxylic acids is 1. The molecule has 0 spiro atoms. The van der Waals surface area contributed by atoms with Crippen LogP contribution in [0, 0.1) is 18.2 Å². The van der Waals surface area contributed by atoms with Crippen LogP contribution >= 0.6 is 0 Å². The Morgan fingerprint density at radius 2 is 2.00 bits per heavy atom. The van der Waals surface area contributed by atoms with E-state index in [1.807, 2.05) is 0 Å². The summed E-state index contributed by atoms with van der Waals surface area (Å²) in [4.78, 5) is 22.5. The molecule has 2 N–H and O–H groups in total. The number of hydrogen-bond donors (Lipinski definition) is 2. The number of rotatable bonds is 4. The molecular formula is C13H16FNO3. The summed E-state index contributed by atoms with van der Waals surface area (Å²) < 4.78 is 13.3. The predicted octanol–water partition coefficient (Wildman–Crippen LogP) is 2.57. The van der Waals surface area contributed by atoms with E-state index in [1.165, 1.54) is 19.9 Å². The molecule has 0 saturated carbocycles. The molecule has 98 valence electrons. The maximum atomic E-state index is 13.3. The number of carboxylic acids is 1. The van der Waals surface area contributed by atoms with Crippen molar-refractivity contribution < 1.29 is 19.1 Å². The number of carboxylic acid groups (broad SMARTS) is 1. The van der Waals surface area contributed by atoms with Gasteiger partial charge in [0.25, 0.3) is 0 Å². The van der Waals surface area contributed by atoms with Gasteiger partial charge in [-0.15, -0.1) is 0 Å². The highest BCUT2D eigenvalue weighted by atomic mass is 19.1. The maximum Gasteiger partial charge on any atom is 0.309 e. The Labute approximate surface area is 105 Å². The lowest BCUT2D eigenvalue weighted by Gasteiger charge is -2.18. The number of amides is 1. The van der Waals surface area contributed by atoms with Gasteiger partial charge in [-0.05, 0) is 38.5 Å². The molecule has 1 rings (SSSR count). The highest BCUT2D eigenvalue weighted by molar-refractivity contribution is 5.94. The molecule has 0 aromatic heterocycles. The molecule has 1 aromatic carbocycles. The molecule has 4 nitrogen and oxygen atoms in total. The first kappa shape index (κ1) is 14.2. The number of benzene rings is 1. The van der Waals surface area contributed by atoms with Gasteiger partial charge < -0.3 is 10.4 Å². The highest BCUT2D eigenvalue weighted by Gasteiger charge is 2.30. The van der Waals surface area contributed by atoms with Crippen LogP contribution in [0.25, 0.3) is 0 Å². The summed E-state index contributed by atoms with van der Waals surface area (Å²) in [5.74, 6) is -1.91. The quantitative estimate of drug-likeness (QED) is 0.866. The van der Waals surface area contributed by atoms with Crippen LogP contribution in [0.2, 0.25) is 0 Å². The number of anilines is 1. The molecule has 0 bridgehead atoms. The number of aryl methyl sites for hydroxylation is 1. The Kier molecular flexibility index (Phi) is 4.06. The predicted molar refractivity (Wildman–Crippen MR) is 65.8 cm³/mol. The molecule has 0 radical (unpaired) electrons. The zero-order valence-corrected chi connectivity index (χ0v) is 10.6. The van der Waals surface area contributed by atoms with Crippen LogP contribution in [0.1, 0.15) is 25.8 Å². The van der Waals surface area contributed by atoms with Gasteiger partial charge >= 0.3 is 5.97 Å². The van der Waals surface area contributed by atoms with Crippen molar-refractivity contribution >= 4 is 17.6 Å². The third-order valence-corrected chi connectivity index (χ3v) is 2.64. The lowest BCUT2D eigenvalue weighted by Crippen LogP contribution is -2.29. The van der Waals surface area contributed by atoms with Crippen molar-refractivity contribution in [2.24, 2.45) is 5.41 Å². The van der Waals surface area contributed by atoms with Crippen molar-refractivity contribution in [2.45, 2.75) is 27.2 Å². The fraction of sp³-hybridized carbons (Fsp3) is 0.385. The first-order valence-electron chi connectivity index (χ1n) is 5.52. The number of aliphatic carboxylic acids is 1. The minimum absolute atomic E-state index is 0.169. The van der Waals surface area contributed by atoms with Gasteiger partial charge in [0.15, 0.2) is 0 Å². The van der Waals surface area contributed by atoms with E-state index in [0.29, 0.717) is 11.3 Å². The fourth-order valence-corrected chi connectivity index (χ4v) is 1.35. The highest BCUT2D eigenvalue weighted by Crippen LogP contribution is 2.22. The Morgan fingerprint density at radius 3 is 2.50 bits per heavy atom. The molecule has 0 aliphatic carbocycles. The Bertz CT molecular complexity index is 483. The molecule has 0 heterocycles. The first-order valence-corrected chi connectivity index (χ1v) is 5.52. The van der Waals surface area contributed by atoms with E-state index in [-0.39, 0.29) is 6.42 Å². The van der Waals surface area contributed by atoms with E-state index in [9.17, 15) is 14.0 Å². The third-order valence-electron chi connectivity index (χ3n) is 2.64. The number of hydrogen-bond acceptors (Lipinski definition) is 2. The zero-order chi connectivity index (χ0) is 13.9. The van der Waals surface area contributed by atoms with Crippen LogP contribution in [-0.4, -0.2) is 17.0 Å². The van der Waals surface area contributed by atoms with E-state index in [0.717, 1.165) is 0 Å². The van der Waals surface area contributed by atoms with Gasteiger partial charge in [-0.25, -0.2) is 4.39 Å². The lowest BCUT2D eigenvalue weighted by molar-refractivity contribution is -0.148. The molecule has 0 unspecified atom stereocenters. The molecule has 0 atom stereocenters. The average Bonchev–Trinajstić information content (AvgIpc) is 2.22. The molecule has 0 fully saturated rings. The normalized spacial score (nSPS) is 11.1. The minimum Gasteiger partial charge on any atom is -0.481 e. The zero-order valence-electron chi connectivity index (χ0n) is 10.6. The van der Waals surface area contributed by atoms with Crippen LogP contribution in [-0.2, 0) is 9.59 Å². The SMILES string of the molecule is Cc1ccc(NC(=O)CC(C)(C)C(=O)O)cc1F. The van der Waals surface area contributed by atoms with Crippen LogP contribution in [0.4, 0.5) is 10.1 Å². The summed E-state index contributed by atoms with van der Waals surface area (Å²) in [6.07, 6.45) is -0.169. The van der Waals surface area contributed by atoms with E-state index in [2.05, 4.69) is 5.32 Å². The molecular weight excluding hydrogens is 237 g/mol. The summed E-state index contributed by atoms with van der Waals surface area (Å²) >= 11 is 0. The van der Waals surface area contributed by atoms with E-state index in [1.54, 1.807) is 19.1 Å². The van der Waals surface area contributed by atoms with Gasteiger partial charge in [0, 0.05) is 12.1 Å². The Morgan fingerprint density at radius 1 is 1.39 bits per heavy atom. The van der Waals surface area contributed by atoms with Gasteiger partial charge in [0.2, 0.25) is 5.91 Å². The van der Waals surface area contributed by atoms with Crippen LogP contribution in [0.5, 0.6) is 0 Å². The van der Waals surface area contributed by atoms with E-state index < -0.39 is 23.1 Å². The fourth-order valence-electron chi connectivity index (χ4n) is 1.35. The van der Waals surface area contributed by atoms with Gasteiger partial charge in [-0.1, -0.05) is 6.07 Å². The number of nitrogens with one attached hydrogen (secondary N) is 1. The summed E-state index contributed by atoms with van der Waals surface area (Å²) in [5.41, 5.74) is -0.337. The molecule has 0 saturated heterocycles. The molecule has 1 amide bonds. The van der Waals surface area contributed by atoms with Crippen molar-refractivity contribution in [1.82, 2.24) is 0 Å². The first-order chi connectivity index (χ1) is 8.22. The summed E-state index contributed by atoms with van der Waals surface area (Å²) in [6, 6.07) is 4.33. The average molecular weight is 253 g/mol. The molecule has 1 aromatic rings. The molecule has 0 aliphatic rings.